The average molecular weight is 872 g/mol. The van der Waals surface area contributed by atoms with E-state index in [1.165, 1.54) is 6.08 Å². The number of hydrogen-bond donors (Lipinski definition) is 7. The third-order valence-electron chi connectivity index (χ3n) is 11.8. The van der Waals surface area contributed by atoms with Crippen LogP contribution in [0.1, 0.15) is 47.1 Å². The zero-order valence-electron chi connectivity index (χ0n) is 36.5. The lowest BCUT2D eigenvalue weighted by Gasteiger charge is -2.42. The Kier molecular flexibility index (Phi) is 17.4. The van der Waals surface area contributed by atoms with E-state index in [9.17, 15) is 29.1 Å². The largest absolute Gasteiger partial charge is 0.378 e. The number of carbonyl (C=O) groups excluding carboxylic acids is 5. The van der Waals surface area contributed by atoms with Crippen LogP contribution in [0.25, 0.3) is 11.1 Å². The molecule has 2 bridgehead atoms. The van der Waals surface area contributed by atoms with Crippen LogP contribution in [0.5, 0.6) is 0 Å². The maximum absolute atomic E-state index is 14.9. The molecule has 1 saturated heterocycles. The predicted molar refractivity (Wildman–Crippen MR) is 245 cm³/mol. The number of benzene rings is 4. The van der Waals surface area contributed by atoms with Gasteiger partial charge in [0.1, 0.15) is 12.3 Å². The first-order valence-electron chi connectivity index (χ1n) is 22.1. The lowest BCUT2D eigenvalue weighted by molar-refractivity contribution is -0.141. The Morgan fingerprint density at radius 3 is 2.38 bits per heavy atom. The van der Waals surface area contributed by atoms with Gasteiger partial charge in [0.25, 0.3) is 0 Å². The van der Waals surface area contributed by atoms with Gasteiger partial charge in [-0.25, -0.2) is 0 Å². The standard InChI is InChI=1S/C50H61N7O7/c1-35-10-5-8-15-41(35)38-18-16-36(17-19-38)30-43-48(62)54-33-40-14-7-6-13-39(40)31-45(59)55-42(47(61)53-26-29-64-28-24-51)22-25-52-44(58)20-21-46(60)57-27-9-23-50(34-57,49(63)56-43)32-37-11-3-2-4-12-37/h2-8,10-21,42-43,45,55,59H,9,22-34,51H2,1H3,(H,52,58)(H,53,61)(H,54,62)(H,56,63)/b21-20+/t42-,43-,45?,50-/m0/s1. The van der Waals surface area contributed by atoms with Gasteiger partial charge >= 0.3 is 0 Å². The lowest BCUT2D eigenvalue weighted by atomic mass is 9.74. The second kappa shape index (κ2) is 23.5. The summed E-state index contributed by atoms with van der Waals surface area (Å²) in [6, 6.07) is 31.2. The number of rotatable bonds is 11. The molecule has 4 atom stereocenters. The van der Waals surface area contributed by atoms with E-state index in [2.05, 4.69) is 45.6 Å². The average Bonchev–Trinajstić information content (AvgIpc) is 3.30. The smallest absolute Gasteiger partial charge is 0.246 e. The molecule has 0 aliphatic carbocycles. The van der Waals surface area contributed by atoms with Crippen LogP contribution in [0.2, 0.25) is 0 Å². The van der Waals surface area contributed by atoms with Crippen molar-refractivity contribution >= 4 is 29.5 Å². The van der Waals surface area contributed by atoms with Crippen LogP contribution in [0, 0.1) is 12.3 Å². The molecule has 5 amide bonds. The molecule has 8 N–H and O–H groups in total. The minimum absolute atomic E-state index is 0.0591. The van der Waals surface area contributed by atoms with Crippen LogP contribution in [0.3, 0.4) is 0 Å². The molecular weight excluding hydrogens is 811 g/mol. The van der Waals surface area contributed by atoms with Gasteiger partial charge in [-0.05, 0) is 71.6 Å². The summed E-state index contributed by atoms with van der Waals surface area (Å²) in [7, 11) is 0. The van der Waals surface area contributed by atoms with E-state index >= 15 is 0 Å². The van der Waals surface area contributed by atoms with E-state index in [4.69, 9.17) is 10.5 Å². The molecule has 2 aliphatic rings. The molecule has 6 rings (SSSR count). The van der Waals surface area contributed by atoms with Crippen molar-refractivity contribution < 1.29 is 33.8 Å². The number of nitrogens with one attached hydrogen (secondary N) is 5. The van der Waals surface area contributed by atoms with E-state index in [-0.39, 0.29) is 58.0 Å². The Labute approximate surface area is 375 Å². The summed E-state index contributed by atoms with van der Waals surface area (Å²) in [6.07, 6.45) is 2.90. The summed E-state index contributed by atoms with van der Waals surface area (Å²) in [6.45, 7) is 3.85. The van der Waals surface area contributed by atoms with Crippen molar-refractivity contribution in [2.45, 2.75) is 70.3 Å². The number of aryl methyl sites for hydroxylation is 1. The third-order valence-corrected chi connectivity index (χ3v) is 11.8. The van der Waals surface area contributed by atoms with Gasteiger partial charge in [0.05, 0.1) is 24.7 Å². The summed E-state index contributed by atoms with van der Waals surface area (Å²) >= 11 is 0. The minimum Gasteiger partial charge on any atom is -0.378 e. The van der Waals surface area contributed by atoms with E-state index in [0.29, 0.717) is 39.0 Å². The summed E-state index contributed by atoms with van der Waals surface area (Å²) in [5.74, 6) is -2.10. The van der Waals surface area contributed by atoms with Crippen molar-refractivity contribution in [1.29, 1.82) is 0 Å². The van der Waals surface area contributed by atoms with Crippen LogP contribution in [0.4, 0.5) is 0 Å². The van der Waals surface area contributed by atoms with Crippen molar-refractivity contribution in [3.05, 3.63) is 143 Å². The zero-order chi connectivity index (χ0) is 45.3. The zero-order valence-corrected chi connectivity index (χ0v) is 36.5. The molecule has 0 spiro atoms. The van der Waals surface area contributed by atoms with E-state index < -0.39 is 47.4 Å². The van der Waals surface area contributed by atoms with Crippen molar-refractivity contribution in [3.63, 3.8) is 0 Å². The summed E-state index contributed by atoms with van der Waals surface area (Å²) in [5.41, 5.74) is 10.9. The molecule has 1 unspecified atom stereocenters. The van der Waals surface area contributed by atoms with Crippen LogP contribution in [-0.4, -0.2) is 104 Å². The number of aliphatic hydroxyl groups is 1. The molecule has 0 saturated carbocycles. The number of ether oxygens (including phenoxy) is 1. The van der Waals surface area contributed by atoms with Gasteiger partial charge < -0.3 is 41.7 Å². The van der Waals surface area contributed by atoms with Gasteiger partial charge in [-0.3, -0.25) is 29.3 Å². The fourth-order valence-electron chi connectivity index (χ4n) is 8.42. The van der Waals surface area contributed by atoms with Gasteiger partial charge in [0.2, 0.25) is 29.5 Å². The molecule has 14 nitrogen and oxygen atoms in total. The van der Waals surface area contributed by atoms with Crippen LogP contribution >= 0.6 is 0 Å². The van der Waals surface area contributed by atoms with Crippen molar-refractivity contribution in [3.8, 4) is 11.1 Å². The van der Waals surface area contributed by atoms with E-state index in [0.717, 1.165) is 45.0 Å². The number of amides is 5. The normalized spacial score (nSPS) is 22.1. The molecule has 0 aromatic heterocycles. The van der Waals surface area contributed by atoms with Gasteiger partial charge in [0, 0.05) is 64.3 Å². The van der Waals surface area contributed by atoms with E-state index in [1.54, 1.807) is 4.90 Å². The molecule has 1 fully saturated rings. The summed E-state index contributed by atoms with van der Waals surface area (Å²) in [5, 5.41) is 26.1. The van der Waals surface area contributed by atoms with Crippen molar-refractivity contribution in [2.24, 2.45) is 11.1 Å². The molecule has 64 heavy (non-hydrogen) atoms. The van der Waals surface area contributed by atoms with E-state index in [1.807, 2.05) is 91.0 Å². The first kappa shape index (κ1) is 47.3. The predicted octanol–water partition coefficient (Wildman–Crippen LogP) is 2.84. The maximum Gasteiger partial charge on any atom is 0.246 e. The third kappa shape index (κ3) is 13.4. The number of hydrogen-bond acceptors (Lipinski definition) is 9. The first-order valence-corrected chi connectivity index (χ1v) is 22.1. The number of fused-ring (bicyclic) bond motifs is 3. The van der Waals surface area contributed by atoms with Gasteiger partial charge in [0.15, 0.2) is 0 Å². The van der Waals surface area contributed by atoms with Crippen LogP contribution < -0.4 is 32.3 Å². The topological polar surface area (TPSA) is 204 Å². The number of piperidine rings is 1. The first-order chi connectivity index (χ1) is 31.0. The van der Waals surface area contributed by atoms with Crippen LogP contribution in [-0.2, 0) is 54.5 Å². The van der Waals surface area contributed by atoms with Gasteiger partial charge in [-0.2, -0.15) is 0 Å². The highest BCUT2D eigenvalue weighted by Gasteiger charge is 2.44. The van der Waals surface area contributed by atoms with Crippen LogP contribution in [0.15, 0.2) is 115 Å². The Hall–Kier alpha value is -6.19. The van der Waals surface area contributed by atoms with Gasteiger partial charge in [-0.15, -0.1) is 0 Å². The number of nitrogens with zero attached hydrogens (tertiary/aromatic N) is 1. The summed E-state index contributed by atoms with van der Waals surface area (Å²) < 4.78 is 5.39. The number of carbonyl (C=O) groups is 5. The summed E-state index contributed by atoms with van der Waals surface area (Å²) in [4.78, 5) is 71.0. The molecule has 14 heteroatoms. The quantitative estimate of drug-likeness (QED) is 0.111. The number of aliphatic hydroxyl groups excluding tert-OH is 1. The Balaban J connectivity index is 1.31. The molecule has 4 aromatic carbocycles. The Morgan fingerprint density at radius 2 is 1.61 bits per heavy atom. The number of nitrogens with two attached hydrogens (primary N) is 1. The highest BCUT2D eigenvalue weighted by molar-refractivity contribution is 5.97. The van der Waals surface area contributed by atoms with Gasteiger partial charge in [-0.1, -0.05) is 103 Å². The monoisotopic (exact) mass is 871 g/mol. The Bertz CT molecular complexity index is 2230. The Morgan fingerprint density at radius 1 is 0.875 bits per heavy atom. The highest BCUT2D eigenvalue weighted by atomic mass is 16.5. The molecular formula is C50H61N7O7. The second-order valence-corrected chi connectivity index (χ2v) is 16.6. The van der Waals surface area contributed by atoms with Crippen molar-refractivity contribution in [1.82, 2.24) is 31.5 Å². The molecule has 2 heterocycles. The van der Waals surface area contributed by atoms with Crippen molar-refractivity contribution in [2.75, 3.05) is 45.9 Å². The minimum atomic E-state index is -1.18. The molecule has 0 radical (unpaired) electrons. The SMILES string of the molecule is Cc1ccccc1-c1ccc(C[C@@H]2NC(=O)[C@]3(Cc4ccccc4)CCCN(C3)C(=O)/C=C/C(=O)NCC[C@@H](C(=O)NCCOCCN)NC(O)Cc3ccccc3CNC2=O)cc1. The molecule has 4 aromatic rings. The fraction of sp³-hybridized carbons (Fsp3) is 0.380. The lowest BCUT2D eigenvalue weighted by Crippen LogP contribution is -2.58. The molecule has 2 aliphatic heterocycles. The highest BCUT2D eigenvalue weighted by Crippen LogP contribution is 2.35. The fourth-order valence-corrected chi connectivity index (χ4v) is 8.42. The second-order valence-electron chi connectivity index (χ2n) is 16.6. The maximum atomic E-state index is 14.9. The molecule has 338 valence electrons.